The molecule has 1 aromatic heterocycles. The maximum atomic E-state index is 13.6. The van der Waals surface area contributed by atoms with Gasteiger partial charge in [0, 0.05) is 18.5 Å². The molecule has 0 amide bonds. The first-order valence-electron chi connectivity index (χ1n) is 5.92. The number of pyridine rings is 1. The fraction of sp³-hybridized carbons (Fsp3) is 0.357. The minimum Gasteiger partial charge on any atom is -0.494 e. The topological polar surface area (TPSA) is 34.2 Å². The number of hydrogen-bond acceptors (Lipinski definition) is 3. The molecule has 0 aliphatic heterocycles. The van der Waals surface area contributed by atoms with Crippen molar-refractivity contribution in [2.45, 2.75) is 19.8 Å². The quantitative estimate of drug-likeness (QED) is 0.902. The molecule has 96 valence electrons. The first-order valence-corrected chi connectivity index (χ1v) is 5.92. The minimum atomic E-state index is -0.392. The number of ether oxygens (including phenoxy) is 1. The van der Waals surface area contributed by atoms with E-state index in [1.54, 1.807) is 6.07 Å². The van der Waals surface area contributed by atoms with Gasteiger partial charge in [0.1, 0.15) is 5.82 Å². The second kappa shape index (κ2) is 4.80. The number of nitrogens with one attached hydrogen (secondary N) is 1. The molecule has 3 nitrogen and oxygen atoms in total. The molecule has 0 saturated heterocycles. The summed E-state index contributed by atoms with van der Waals surface area (Å²) in [7, 11) is 3.28. The molecule has 0 spiro atoms. The van der Waals surface area contributed by atoms with Gasteiger partial charge in [0.15, 0.2) is 11.6 Å². The van der Waals surface area contributed by atoms with Crippen LogP contribution in [0.1, 0.15) is 25.3 Å². The lowest BCUT2D eigenvalue weighted by molar-refractivity contribution is 0.387. The summed E-state index contributed by atoms with van der Waals surface area (Å²) in [4.78, 5) is 4.44. The van der Waals surface area contributed by atoms with Crippen LogP contribution >= 0.6 is 0 Å². The number of rotatable bonds is 3. The molecule has 4 heteroatoms. The monoisotopic (exact) mass is 248 g/mol. The fourth-order valence-electron chi connectivity index (χ4n) is 1.99. The van der Waals surface area contributed by atoms with E-state index in [0.29, 0.717) is 11.4 Å². The number of halogens is 1. The predicted octanol–water partition coefficient (Wildman–Crippen LogP) is 3.55. The Morgan fingerprint density at radius 3 is 2.56 bits per heavy atom. The van der Waals surface area contributed by atoms with Gasteiger partial charge >= 0.3 is 0 Å². The molecule has 1 N–H and O–H groups in total. The van der Waals surface area contributed by atoms with Crippen molar-refractivity contribution < 1.29 is 9.13 Å². The maximum Gasteiger partial charge on any atom is 0.167 e. The van der Waals surface area contributed by atoms with Crippen molar-refractivity contribution in [1.82, 2.24) is 4.98 Å². The molecule has 0 radical (unpaired) electrons. The van der Waals surface area contributed by atoms with Gasteiger partial charge < -0.3 is 10.1 Å². The number of anilines is 1. The SMILES string of the molecule is CNc1nc2cc(F)c(OC)cc2cc1C(C)C. The Kier molecular flexibility index (Phi) is 3.36. The van der Waals surface area contributed by atoms with Crippen LogP contribution in [0.4, 0.5) is 10.2 Å². The molecule has 2 aromatic rings. The Morgan fingerprint density at radius 1 is 1.28 bits per heavy atom. The van der Waals surface area contributed by atoms with Crippen LogP contribution in [-0.2, 0) is 0 Å². The number of aromatic nitrogens is 1. The molecule has 0 bridgehead atoms. The Morgan fingerprint density at radius 2 is 2.00 bits per heavy atom. The number of hydrogen-bond donors (Lipinski definition) is 1. The first-order chi connectivity index (χ1) is 8.56. The second-order valence-corrected chi connectivity index (χ2v) is 4.51. The standard InChI is InChI=1S/C14H17FN2O/c1-8(2)10-5-9-6-13(18-4)11(15)7-12(9)17-14(10)16-3/h5-8H,1-4H3,(H,16,17). The third-order valence-corrected chi connectivity index (χ3v) is 2.98. The van der Waals surface area contributed by atoms with Crippen LogP contribution in [0.2, 0.25) is 0 Å². The highest BCUT2D eigenvalue weighted by Crippen LogP contribution is 2.30. The Bertz CT molecular complexity index is 582. The number of benzene rings is 1. The Labute approximate surface area is 106 Å². The average molecular weight is 248 g/mol. The molecule has 0 unspecified atom stereocenters. The highest BCUT2D eigenvalue weighted by Gasteiger charge is 2.12. The summed E-state index contributed by atoms with van der Waals surface area (Å²) in [5.41, 5.74) is 1.74. The van der Waals surface area contributed by atoms with E-state index in [4.69, 9.17) is 4.74 Å². The van der Waals surface area contributed by atoms with Crippen LogP contribution < -0.4 is 10.1 Å². The van der Waals surface area contributed by atoms with Gasteiger partial charge in [-0.2, -0.15) is 0 Å². The fourth-order valence-corrected chi connectivity index (χ4v) is 1.99. The van der Waals surface area contributed by atoms with Crippen LogP contribution in [0.25, 0.3) is 10.9 Å². The van der Waals surface area contributed by atoms with Crippen LogP contribution in [0, 0.1) is 5.82 Å². The number of fused-ring (bicyclic) bond motifs is 1. The first kappa shape index (κ1) is 12.6. The van der Waals surface area contributed by atoms with E-state index >= 15 is 0 Å². The van der Waals surface area contributed by atoms with E-state index < -0.39 is 5.82 Å². The van der Waals surface area contributed by atoms with Crippen molar-refractivity contribution in [2.24, 2.45) is 0 Å². The largest absolute Gasteiger partial charge is 0.494 e. The van der Waals surface area contributed by atoms with Gasteiger partial charge in [-0.3, -0.25) is 0 Å². The third kappa shape index (κ3) is 2.10. The normalized spacial score (nSPS) is 11.0. The smallest absolute Gasteiger partial charge is 0.167 e. The lowest BCUT2D eigenvalue weighted by Gasteiger charge is -2.13. The molecular formula is C14H17FN2O. The van der Waals surface area contributed by atoms with Crippen LogP contribution in [0.5, 0.6) is 5.75 Å². The summed E-state index contributed by atoms with van der Waals surface area (Å²) in [6, 6.07) is 5.11. The van der Waals surface area contributed by atoms with E-state index in [1.165, 1.54) is 13.2 Å². The van der Waals surface area contributed by atoms with Crippen molar-refractivity contribution in [2.75, 3.05) is 19.5 Å². The lowest BCUT2D eigenvalue weighted by atomic mass is 10.0. The summed E-state index contributed by atoms with van der Waals surface area (Å²) in [5, 5.41) is 3.94. The molecule has 0 aliphatic carbocycles. The van der Waals surface area contributed by atoms with Gasteiger partial charge in [-0.1, -0.05) is 13.8 Å². The van der Waals surface area contributed by atoms with Gasteiger partial charge in [0.25, 0.3) is 0 Å². The zero-order valence-corrected chi connectivity index (χ0v) is 11.0. The van der Waals surface area contributed by atoms with Crippen LogP contribution in [-0.4, -0.2) is 19.1 Å². The summed E-state index contributed by atoms with van der Waals surface area (Å²) in [6.07, 6.45) is 0. The molecule has 0 aliphatic rings. The van der Waals surface area contributed by atoms with Crippen LogP contribution in [0.15, 0.2) is 18.2 Å². The Hall–Kier alpha value is -1.84. The van der Waals surface area contributed by atoms with Crippen LogP contribution in [0.3, 0.4) is 0 Å². The number of nitrogens with zero attached hydrogens (tertiary/aromatic N) is 1. The summed E-state index contributed by atoms with van der Waals surface area (Å²) in [5.74, 6) is 0.996. The minimum absolute atomic E-state index is 0.246. The van der Waals surface area contributed by atoms with Crippen molar-refractivity contribution in [3.05, 3.63) is 29.6 Å². The second-order valence-electron chi connectivity index (χ2n) is 4.51. The van der Waals surface area contributed by atoms with Gasteiger partial charge in [-0.05, 0) is 23.6 Å². The molecule has 1 aromatic carbocycles. The van der Waals surface area contributed by atoms with Crippen molar-refractivity contribution in [1.29, 1.82) is 0 Å². The highest BCUT2D eigenvalue weighted by atomic mass is 19.1. The van der Waals surface area contributed by atoms with Gasteiger partial charge in [-0.25, -0.2) is 9.37 Å². The Balaban J connectivity index is 2.71. The zero-order valence-electron chi connectivity index (χ0n) is 11.0. The molecule has 0 fully saturated rings. The highest BCUT2D eigenvalue weighted by molar-refractivity contribution is 5.83. The molecule has 0 saturated carbocycles. The lowest BCUT2D eigenvalue weighted by Crippen LogP contribution is -2.01. The van der Waals surface area contributed by atoms with Crippen molar-refractivity contribution in [3.63, 3.8) is 0 Å². The van der Waals surface area contributed by atoms with Gasteiger partial charge in [0.2, 0.25) is 0 Å². The predicted molar refractivity (Wildman–Crippen MR) is 71.9 cm³/mol. The number of methoxy groups -OCH3 is 1. The van der Waals surface area contributed by atoms with E-state index in [-0.39, 0.29) is 5.75 Å². The van der Waals surface area contributed by atoms with E-state index in [9.17, 15) is 4.39 Å². The van der Waals surface area contributed by atoms with Crippen molar-refractivity contribution in [3.8, 4) is 5.75 Å². The average Bonchev–Trinajstić information content (AvgIpc) is 2.36. The maximum absolute atomic E-state index is 13.6. The van der Waals surface area contributed by atoms with Crippen molar-refractivity contribution >= 4 is 16.7 Å². The van der Waals surface area contributed by atoms with E-state index in [1.807, 2.05) is 13.1 Å². The summed E-state index contributed by atoms with van der Waals surface area (Å²) in [6.45, 7) is 4.20. The molecule has 2 rings (SSSR count). The third-order valence-electron chi connectivity index (χ3n) is 2.98. The molecule has 18 heavy (non-hydrogen) atoms. The van der Waals surface area contributed by atoms with Gasteiger partial charge in [0.05, 0.1) is 12.6 Å². The summed E-state index contributed by atoms with van der Waals surface area (Å²) >= 11 is 0. The molecule has 0 atom stereocenters. The zero-order chi connectivity index (χ0) is 13.3. The van der Waals surface area contributed by atoms with E-state index in [2.05, 4.69) is 24.1 Å². The van der Waals surface area contributed by atoms with Gasteiger partial charge in [-0.15, -0.1) is 0 Å². The van der Waals surface area contributed by atoms with E-state index in [0.717, 1.165) is 16.8 Å². The molecular weight excluding hydrogens is 231 g/mol. The summed E-state index contributed by atoms with van der Waals surface area (Å²) < 4.78 is 18.6. The molecule has 1 heterocycles.